The van der Waals surface area contributed by atoms with Crippen LogP contribution in [0.25, 0.3) is 0 Å². The summed E-state index contributed by atoms with van der Waals surface area (Å²) in [5, 5.41) is 2.98. The van der Waals surface area contributed by atoms with Gasteiger partial charge in [0.25, 0.3) is 0 Å². The molecule has 1 heterocycles. The molecule has 2 fully saturated rings. The Morgan fingerprint density at radius 1 is 1.38 bits per heavy atom. The van der Waals surface area contributed by atoms with Crippen molar-refractivity contribution in [3.8, 4) is 5.75 Å². The average Bonchev–Trinajstić information content (AvgIpc) is 2.91. The number of carbonyl (C=O) groups is 1. The zero-order chi connectivity index (χ0) is 16.4. The molecule has 1 aromatic carbocycles. The number of methoxy groups -OCH3 is 1. The number of hydrogen-bond acceptors (Lipinski definition) is 4. The van der Waals surface area contributed by atoms with Crippen LogP contribution in [-0.2, 0) is 4.79 Å². The van der Waals surface area contributed by atoms with Crippen LogP contribution >= 0.6 is 12.4 Å². The topological polar surface area (TPSA) is 67.6 Å². The van der Waals surface area contributed by atoms with Crippen molar-refractivity contribution in [3.05, 3.63) is 23.8 Å². The Balaban J connectivity index is 0.00000208. The van der Waals surface area contributed by atoms with E-state index in [2.05, 4.69) is 10.2 Å². The molecule has 134 valence electrons. The van der Waals surface area contributed by atoms with E-state index in [-0.39, 0.29) is 18.3 Å². The Morgan fingerprint density at radius 3 is 2.88 bits per heavy atom. The lowest BCUT2D eigenvalue weighted by Gasteiger charge is -2.29. The molecule has 1 amide bonds. The maximum atomic E-state index is 12.4. The fourth-order valence-electron chi connectivity index (χ4n) is 4.05. The van der Waals surface area contributed by atoms with Crippen LogP contribution in [0.3, 0.4) is 0 Å². The van der Waals surface area contributed by atoms with E-state index in [0.29, 0.717) is 30.2 Å². The van der Waals surface area contributed by atoms with Gasteiger partial charge in [0.2, 0.25) is 5.91 Å². The minimum Gasteiger partial charge on any atom is -0.495 e. The number of anilines is 1. The number of fused-ring (bicyclic) bond motifs is 1. The summed E-state index contributed by atoms with van der Waals surface area (Å²) < 4.78 is 5.32. The van der Waals surface area contributed by atoms with Crippen molar-refractivity contribution in [1.82, 2.24) is 4.90 Å². The van der Waals surface area contributed by atoms with Gasteiger partial charge in [0.1, 0.15) is 5.75 Å². The van der Waals surface area contributed by atoms with Gasteiger partial charge in [-0.25, -0.2) is 0 Å². The molecule has 2 aliphatic rings. The molecular weight excluding hydrogens is 326 g/mol. The zero-order valence-corrected chi connectivity index (χ0v) is 15.3. The molecule has 0 bridgehead atoms. The van der Waals surface area contributed by atoms with Crippen molar-refractivity contribution in [2.45, 2.75) is 32.2 Å². The summed E-state index contributed by atoms with van der Waals surface area (Å²) in [6.45, 7) is 4.37. The summed E-state index contributed by atoms with van der Waals surface area (Å²) >= 11 is 0. The zero-order valence-electron chi connectivity index (χ0n) is 14.5. The molecule has 3 N–H and O–H groups in total. The Labute approximate surface area is 150 Å². The van der Waals surface area contributed by atoms with Crippen molar-refractivity contribution < 1.29 is 9.53 Å². The number of amides is 1. The van der Waals surface area contributed by atoms with Gasteiger partial charge in [-0.1, -0.05) is 12.5 Å². The minimum absolute atomic E-state index is 0. The summed E-state index contributed by atoms with van der Waals surface area (Å²) in [5.74, 6) is 1.94. The van der Waals surface area contributed by atoms with Gasteiger partial charge in [-0.3, -0.25) is 9.69 Å². The SMILES string of the molecule is COc1ccc(C)cc1NC(=O)CN1CC2CCCC(N)C2C1.Cl. The van der Waals surface area contributed by atoms with Gasteiger partial charge in [0, 0.05) is 19.1 Å². The van der Waals surface area contributed by atoms with Crippen molar-refractivity contribution in [2.75, 3.05) is 32.1 Å². The maximum Gasteiger partial charge on any atom is 0.238 e. The Bertz CT molecular complexity index is 581. The highest BCUT2D eigenvalue weighted by atomic mass is 35.5. The number of hydrogen-bond donors (Lipinski definition) is 2. The number of nitrogens with two attached hydrogens (primary N) is 1. The third-order valence-corrected chi connectivity index (χ3v) is 5.23. The molecule has 3 atom stereocenters. The number of rotatable bonds is 4. The van der Waals surface area contributed by atoms with E-state index >= 15 is 0 Å². The van der Waals surface area contributed by atoms with Gasteiger partial charge in [-0.15, -0.1) is 12.4 Å². The number of nitrogens with one attached hydrogen (secondary N) is 1. The van der Waals surface area contributed by atoms with Gasteiger partial charge in [-0.2, -0.15) is 0 Å². The molecule has 0 radical (unpaired) electrons. The molecule has 24 heavy (non-hydrogen) atoms. The highest BCUT2D eigenvalue weighted by Crippen LogP contribution is 2.35. The molecule has 1 saturated heterocycles. The maximum absolute atomic E-state index is 12.4. The first kappa shape index (κ1) is 19.0. The van der Waals surface area contributed by atoms with Crippen molar-refractivity contribution >= 4 is 24.0 Å². The molecule has 1 aliphatic carbocycles. The molecule has 0 spiro atoms. The minimum atomic E-state index is 0. The average molecular weight is 354 g/mol. The fourth-order valence-corrected chi connectivity index (χ4v) is 4.05. The molecule has 0 aromatic heterocycles. The number of carbonyl (C=O) groups excluding carboxylic acids is 1. The van der Waals surface area contributed by atoms with E-state index in [0.717, 1.165) is 30.8 Å². The van der Waals surface area contributed by atoms with Crippen LogP contribution in [0.2, 0.25) is 0 Å². The fraction of sp³-hybridized carbons (Fsp3) is 0.611. The number of ether oxygens (including phenoxy) is 1. The number of nitrogens with zero attached hydrogens (tertiary/aromatic N) is 1. The molecule has 3 rings (SSSR count). The van der Waals surface area contributed by atoms with Crippen molar-refractivity contribution in [3.63, 3.8) is 0 Å². The van der Waals surface area contributed by atoms with Gasteiger partial charge >= 0.3 is 0 Å². The number of likely N-dealkylation sites (tertiary alicyclic amines) is 1. The predicted molar refractivity (Wildman–Crippen MR) is 98.9 cm³/mol. The van der Waals surface area contributed by atoms with E-state index in [1.165, 1.54) is 12.8 Å². The Hall–Kier alpha value is -1.30. The van der Waals surface area contributed by atoms with Gasteiger partial charge in [0.05, 0.1) is 19.3 Å². The Morgan fingerprint density at radius 2 is 2.17 bits per heavy atom. The monoisotopic (exact) mass is 353 g/mol. The van der Waals surface area contributed by atoms with Crippen LogP contribution in [0, 0.1) is 18.8 Å². The lowest BCUT2D eigenvalue weighted by atomic mass is 9.78. The van der Waals surface area contributed by atoms with Crippen LogP contribution in [0.5, 0.6) is 5.75 Å². The normalized spacial score (nSPS) is 26.4. The van der Waals surface area contributed by atoms with Gasteiger partial charge in [-0.05, 0) is 49.3 Å². The summed E-state index contributed by atoms with van der Waals surface area (Å²) in [6, 6.07) is 6.10. The molecule has 1 aromatic rings. The van der Waals surface area contributed by atoms with E-state index < -0.39 is 0 Å². The summed E-state index contributed by atoms with van der Waals surface area (Å²) in [7, 11) is 1.62. The van der Waals surface area contributed by atoms with Crippen molar-refractivity contribution in [2.24, 2.45) is 17.6 Å². The second-order valence-corrected chi connectivity index (χ2v) is 6.96. The van der Waals surface area contributed by atoms with E-state index in [1.54, 1.807) is 7.11 Å². The smallest absolute Gasteiger partial charge is 0.238 e. The van der Waals surface area contributed by atoms with Crippen LogP contribution in [-0.4, -0.2) is 43.6 Å². The van der Waals surface area contributed by atoms with E-state index in [1.807, 2.05) is 25.1 Å². The third-order valence-electron chi connectivity index (χ3n) is 5.23. The van der Waals surface area contributed by atoms with Crippen LogP contribution in [0.1, 0.15) is 24.8 Å². The second-order valence-electron chi connectivity index (χ2n) is 6.96. The lowest BCUT2D eigenvalue weighted by Crippen LogP contribution is -2.38. The Kier molecular flexibility index (Phi) is 6.49. The van der Waals surface area contributed by atoms with Crippen LogP contribution < -0.4 is 15.8 Å². The second kappa shape index (κ2) is 8.19. The number of benzene rings is 1. The quantitative estimate of drug-likeness (QED) is 0.872. The molecule has 3 unspecified atom stereocenters. The molecular formula is C18H28ClN3O2. The number of halogens is 1. The van der Waals surface area contributed by atoms with Gasteiger partial charge in [0.15, 0.2) is 0 Å². The van der Waals surface area contributed by atoms with Gasteiger partial charge < -0.3 is 15.8 Å². The molecule has 1 aliphatic heterocycles. The van der Waals surface area contributed by atoms with E-state index in [4.69, 9.17) is 10.5 Å². The number of aryl methyl sites for hydroxylation is 1. The highest BCUT2D eigenvalue weighted by molar-refractivity contribution is 5.93. The van der Waals surface area contributed by atoms with Crippen LogP contribution in [0.4, 0.5) is 5.69 Å². The highest BCUT2D eigenvalue weighted by Gasteiger charge is 2.39. The molecule has 1 saturated carbocycles. The standard InChI is InChI=1S/C18H27N3O2.ClH/c1-12-6-7-17(23-2)16(8-12)20-18(22)11-21-9-13-4-3-5-15(19)14(13)10-21;/h6-8,13-15H,3-5,9-11,19H2,1-2H3,(H,20,22);1H. The van der Waals surface area contributed by atoms with Crippen molar-refractivity contribution in [1.29, 1.82) is 0 Å². The third kappa shape index (κ3) is 4.21. The first-order valence-corrected chi connectivity index (χ1v) is 8.49. The largest absolute Gasteiger partial charge is 0.495 e. The van der Waals surface area contributed by atoms with Crippen LogP contribution in [0.15, 0.2) is 18.2 Å². The first-order valence-electron chi connectivity index (χ1n) is 8.49. The van der Waals surface area contributed by atoms with E-state index in [9.17, 15) is 4.79 Å². The summed E-state index contributed by atoms with van der Waals surface area (Å²) in [6.07, 6.45) is 3.60. The summed E-state index contributed by atoms with van der Waals surface area (Å²) in [5.41, 5.74) is 8.09. The molecule has 5 nitrogen and oxygen atoms in total. The molecule has 6 heteroatoms. The summed E-state index contributed by atoms with van der Waals surface area (Å²) in [4.78, 5) is 14.6. The lowest BCUT2D eigenvalue weighted by molar-refractivity contribution is -0.117. The predicted octanol–water partition coefficient (Wildman–Crippen LogP) is 2.42. The first-order chi connectivity index (χ1) is 11.1.